The van der Waals surface area contributed by atoms with Crippen molar-refractivity contribution in [1.82, 2.24) is 0 Å². The average molecular weight is 309 g/mol. The molecule has 114 valence electrons. The molecule has 0 saturated carbocycles. The third-order valence-electron chi connectivity index (χ3n) is 2.29. The number of benzene rings is 2. The van der Waals surface area contributed by atoms with Crippen LogP contribution < -0.4 is 0 Å². The molecular weight excluding hydrogens is 288 g/mol. The predicted octanol–water partition coefficient (Wildman–Crippen LogP) is 4.86. The van der Waals surface area contributed by atoms with Crippen molar-refractivity contribution < 1.29 is 15.3 Å². The van der Waals surface area contributed by atoms with E-state index in [0.29, 0.717) is 5.56 Å². The molecule has 0 aromatic heterocycles. The fourth-order valence-electron chi connectivity index (χ4n) is 1.49. The van der Waals surface area contributed by atoms with Gasteiger partial charge in [-0.2, -0.15) is 0 Å². The Labute approximate surface area is 130 Å². The summed E-state index contributed by atoms with van der Waals surface area (Å²) in [5, 5.41) is 27.7. The number of hydrogen-bond donors (Lipinski definition) is 3. The van der Waals surface area contributed by atoms with E-state index in [1.54, 1.807) is 42.5 Å². The molecule has 2 aromatic rings. The Bertz CT molecular complexity index is 528. The van der Waals surface area contributed by atoms with Gasteiger partial charge in [-0.3, -0.25) is 0 Å². The average Bonchev–Trinajstić information content (AvgIpc) is 2.50. The Morgan fingerprint density at radius 2 is 1.10 bits per heavy atom. The van der Waals surface area contributed by atoms with Gasteiger partial charge >= 0.3 is 0 Å². The number of phenols is 3. The van der Waals surface area contributed by atoms with Crippen LogP contribution in [0.4, 0.5) is 0 Å². The van der Waals surface area contributed by atoms with E-state index >= 15 is 0 Å². The first kappa shape index (κ1) is 18.9. The summed E-state index contributed by atoms with van der Waals surface area (Å²) in [7, 11) is 0. The molecule has 0 spiro atoms. The SMILES string of the molecule is CC.CCl.Oc1ccc(/C=C/c2cc(O)cc(O)c2)cc1. The van der Waals surface area contributed by atoms with E-state index in [9.17, 15) is 10.2 Å². The highest BCUT2D eigenvalue weighted by Gasteiger charge is 1.95. The molecule has 21 heavy (non-hydrogen) atoms. The third kappa shape index (κ3) is 7.28. The molecule has 0 saturated heterocycles. The summed E-state index contributed by atoms with van der Waals surface area (Å²) in [6.45, 7) is 4.00. The monoisotopic (exact) mass is 308 g/mol. The second-order valence-corrected chi connectivity index (χ2v) is 3.71. The lowest BCUT2D eigenvalue weighted by molar-refractivity contribution is 0.450. The molecule has 3 nitrogen and oxygen atoms in total. The van der Waals surface area contributed by atoms with Gasteiger partial charge in [0.25, 0.3) is 0 Å². The molecule has 2 rings (SSSR count). The van der Waals surface area contributed by atoms with Crippen LogP contribution in [0.2, 0.25) is 0 Å². The van der Waals surface area contributed by atoms with Gasteiger partial charge in [0.05, 0.1) is 0 Å². The number of phenolic OH excluding ortho intramolecular Hbond substituents is 3. The molecule has 0 fully saturated rings. The Morgan fingerprint density at radius 3 is 1.57 bits per heavy atom. The molecule has 0 aliphatic rings. The molecule has 0 aliphatic carbocycles. The van der Waals surface area contributed by atoms with E-state index in [4.69, 9.17) is 5.11 Å². The van der Waals surface area contributed by atoms with E-state index < -0.39 is 0 Å². The highest BCUT2D eigenvalue weighted by Crippen LogP contribution is 2.22. The van der Waals surface area contributed by atoms with Crippen molar-refractivity contribution in [2.24, 2.45) is 0 Å². The highest BCUT2D eigenvalue weighted by molar-refractivity contribution is 6.15. The van der Waals surface area contributed by atoms with Crippen LogP contribution in [-0.2, 0) is 0 Å². The maximum Gasteiger partial charge on any atom is 0.119 e. The van der Waals surface area contributed by atoms with Crippen LogP contribution in [0.5, 0.6) is 17.2 Å². The summed E-state index contributed by atoms with van der Waals surface area (Å²) in [6, 6.07) is 11.1. The largest absolute Gasteiger partial charge is 0.508 e. The van der Waals surface area contributed by atoms with Gasteiger partial charge in [0, 0.05) is 12.4 Å². The summed E-state index contributed by atoms with van der Waals surface area (Å²) >= 11 is 4.64. The maximum absolute atomic E-state index is 9.30. The Morgan fingerprint density at radius 1 is 0.667 bits per heavy atom. The van der Waals surface area contributed by atoms with Crippen molar-refractivity contribution in [2.45, 2.75) is 13.8 Å². The van der Waals surface area contributed by atoms with Crippen LogP contribution in [-0.4, -0.2) is 21.7 Å². The number of alkyl halides is 1. The molecule has 0 aliphatic heterocycles. The van der Waals surface area contributed by atoms with Gasteiger partial charge in [-0.05, 0) is 35.4 Å². The number of halogens is 1. The zero-order chi connectivity index (χ0) is 16.3. The summed E-state index contributed by atoms with van der Waals surface area (Å²) in [5.41, 5.74) is 1.63. The molecule has 0 radical (unpaired) electrons. The van der Waals surface area contributed by atoms with Crippen molar-refractivity contribution in [3.63, 3.8) is 0 Å². The normalized spacial score (nSPS) is 9.33. The zero-order valence-electron chi connectivity index (χ0n) is 12.4. The summed E-state index contributed by atoms with van der Waals surface area (Å²) in [5.74, 6) is 0.267. The van der Waals surface area contributed by atoms with Gasteiger partial charge in [-0.15, -0.1) is 11.6 Å². The quantitative estimate of drug-likeness (QED) is 0.548. The Hall–Kier alpha value is -2.13. The Balaban J connectivity index is 0.000000921. The van der Waals surface area contributed by atoms with Crippen LogP contribution >= 0.6 is 11.6 Å². The van der Waals surface area contributed by atoms with Crippen molar-refractivity contribution in [1.29, 1.82) is 0 Å². The van der Waals surface area contributed by atoms with Gasteiger partial charge in [0.15, 0.2) is 0 Å². The van der Waals surface area contributed by atoms with Crippen LogP contribution in [0, 0.1) is 0 Å². The zero-order valence-corrected chi connectivity index (χ0v) is 13.2. The van der Waals surface area contributed by atoms with Gasteiger partial charge < -0.3 is 15.3 Å². The lowest BCUT2D eigenvalue weighted by atomic mass is 10.1. The van der Waals surface area contributed by atoms with Gasteiger partial charge in [0.1, 0.15) is 17.2 Å². The first-order valence-electron chi connectivity index (χ1n) is 6.51. The van der Waals surface area contributed by atoms with Crippen LogP contribution in [0.25, 0.3) is 12.2 Å². The third-order valence-corrected chi connectivity index (χ3v) is 2.29. The number of rotatable bonds is 2. The van der Waals surface area contributed by atoms with Crippen LogP contribution in [0.15, 0.2) is 42.5 Å². The summed E-state index contributed by atoms with van der Waals surface area (Å²) < 4.78 is 0. The van der Waals surface area contributed by atoms with Crippen molar-refractivity contribution in [2.75, 3.05) is 6.38 Å². The van der Waals surface area contributed by atoms with E-state index in [1.165, 1.54) is 12.4 Å². The van der Waals surface area contributed by atoms with E-state index in [2.05, 4.69) is 11.6 Å². The minimum Gasteiger partial charge on any atom is -0.508 e. The Kier molecular flexibility index (Phi) is 9.55. The van der Waals surface area contributed by atoms with Crippen LogP contribution in [0.1, 0.15) is 25.0 Å². The fraction of sp³-hybridized carbons (Fsp3) is 0.176. The minimum atomic E-state index is 0.0235. The molecule has 0 unspecified atom stereocenters. The second-order valence-electron chi connectivity index (χ2n) is 3.71. The highest BCUT2D eigenvalue weighted by atomic mass is 35.5. The first-order chi connectivity index (χ1) is 10.1. The van der Waals surface area contributed by atoms with Gasteiger partial charge in [-0.1, -0.05) is 38.1 Å². The number of aromatic hydroxyl groups is 3. The van der Waals surface area contributed by atoms with Crippen LogP contribution in [0.3, 0.4) is 0 Å². The molecule has 0 heterocycles. The van der Waals surface area contributed by atoms with Crippen molar-refractivity contribution in [3.05, 3.63) is 53.6 Å². The van der Waals surface area contributed by atoms with E-state index in [0.717, 1.165) is 5.56 Å². The lowest BCUT2D eigenvalue weighted by Gasteiger charge is -1.98. The van der Waals surface area contributed by atoms with Crippen molar-refractivity contribution in [3.8, 4) is 17.2 Å². The standard InChI is InChI=1S/C14H12O3.C2H6.CH3Cl/c15-12-5-3-10(4-6-12)1-2-11-7-13(16)9-14(17)8-11;2*1-2/h1-9,15-17H;1-2H3;1H3/b2-1+;;. The number of hydrogen-bond acceptors (Lipinski definition) is 3. The molecule has 0 bridgehead atoms. The minimum absolute atomic E-state index is 0.0235. The first-order valence-corrected chi connectivity index (χ1v) is 7.27. The van der Waals surface area contributed by atoms with Gasteiger partial charge in [-0.25, -0.2) is 0 Å². The molecule has 0 amide bonds. The van der Waals surface area contributed by atoms with E-state index in [-0.39, 0.29) is 17.2 Å². The topological polar surface area (TPSA) is 60.7 Å². The molecule has 4 heteroatoms. The maximum atomic E-state index is 9.30. The fourth-order valence-corrected chi connectivity index (χ4v) is 1.49. The lowest BCUT2D eigenvalue weighted by Crippen LogP contribution is -1.74. The summed E-state index contributed by atoms with van der Waals surface area (Å²) in [6.07, 6.45) is 5.07. The van der Waals surface area contributed by atoms with Gasteiger partial charge in [0.2, 0.25) is 0 Å². The molecule has 0 atom stereocenters. The molecule has 2 aromatic carbocycles. The van der Waals surface area contributed by atoms with E-state index in [1.807, 2.05) is 19.9 Å². The summed E-state index contributed by atoms with van der Waals surface area (Å²) in [4.78, 5) is 0. The second kappa shape index (κ2) is 10.6. The smallest absolute Gasteiger partial charge is 0.119 e. The molecular formula is C17H21ClO3. The molecule has 3 N–H and O–H groups in total. The predicted molar refractivity (Wildman–Crippen MR) is 89.9 cm³/mol. The van der Waals surface area contributed by atoms with Crippen molar-refractivity contribution >= 4 is 23.8 Å².